The predicted octanol–water partition coefficient (Wildman–Crippen LogP) is 1.59. The number of amides is 2. The Morgan fingerprint density at radius 2 is 2.29 bits per heavy atom. The number of carbonyl (C=O) groups excluding carboxylic acids is 2. The third-order valence-corrected chi connectivity index (χ3v) is 2.87. The fraction of sp³-hybridized carbons (Fsp3) is 0.750. The Morgan fingerprint density at radius 3 is 2.79 bits per heavy atom. The highest BCUT2D eigenvalue weighted by Gasteiger charge is 2.25. The van der Waals surface area contributed by atoms with Gasteiger partial charge in [0.05, 0.1) is 19.1 Å². The Labute approximate surface area is 87.3 Å². The second-order valence-electron chi connectivity index (χ2n) is 3.15. The Bertz CT molecular complexity index is 235. The summed E-state index contributed by atoms with van der Waals surface area (Å²) >= 11 is 0.773. The van der Waals surface area contributed by atoms with E-state index in [0.717, 1.165) is 31.3 Å². The molecule has 1 aliphatic heterocycles. The van der Waals surface area contributed by atoms with Crippen molar-refractivity contribution < 1.29 is 14.3 Å². The standard InChI is InChI=1S/C8H14N2O3S/c1-6-4-3-5-10(6)8(12)14-9-7(11)13-2/h6H,3-5H2,1-2H3,(H,9,11). The minimum Gasteiger partial charge on any atom is -0.452 e. The van der Waals surface area contributed by atoms with E-state index in [1.165, 1.54) is 7.11 Å². The van der Waals surface area contributed by atoms with Crippen LogP contribution in [-0.2, 0) is 4.74 Å². The van der Waals surface area contributed by atoms with Crippen LogP contribution in [-0.4, -0.2) is 35.9 Å². The molecule has 5 nitrogen and oxygen atoms in total. The molecule has 2 amide bonds. The second-order valence-corrected chi connectivity index (χ2v) is 3.90. The van der Waals surface area contributed by atoms with Crippen molar-refractivity contribution in [2.24, 2.45) is 0 Å². The summed E-state index contributed by atoms with van der Waals surface area (Å²) < 4.78 is 6.64. The van der Waals surface area contributed by atoms with Gasteiger partial charge < -0.3 is 9.64 Å². The first-order chi connectivity index (χ1) is 6.65. The smallest absolute Gasteiger partial charge is 0.417 e. The number of ether oxygens (including phenoxy) is 1. The van der Waals surface area contributed by atoms with Crippen LogP contribution in [0, 0.1) is 0 Å². The lowest BCUT2D eigenvalue weighted by molar-refractivity contribution is 0.178. The first-order valence-electron chi connectivity index (χ1n) is 4.46. The Balaban J connectivity index is 2.31. The molecule has 1 rings (SSSR count). The molecule has 80 valence electrons. The van der Waals surface area contributed by atoms with Gasteiger partial charge in [-0.15, -0.1) is 0 Å². The van der Waals surface area contributed by atoms with Crippen LogP contribution in [0.15, 0.2) is 0 Å². The number of nitrogens with zero attached hydrogens (tertiary/aromatic N) is 1. The molecule has 0 bridgehead atoms. The van der Waals surface area contributed by atoms with Crippen molar-refractivity contribution in [2.45, 2.75) is 25.8 Å². The fourth-order valence-corrected chi connectivity index (χ4v) is 2.03. The van der Waals surface area contributed by atoms with Gasteiger partial charge in [0.25, 0.3) is 0 Å². The second kappa shape index (κ2) is 5.09. The Kier molecular flexibility index (Phi) is 4.06. The normalized spacial score (nSPS) is 20.7. The topological polar surface area (TPSA) is 58.6 Å². The number of hydrogen-bond acceptors (Lipinski definition) is 4. The maximum atomic E-state index is 11.5. The van der Waals surface area contributed by atoms with E-state index in [9.17, 15) is 9.59 Å². The molecule has 0 aromatic rings. The molecule has 1 saturated heterocycles. The molecule has 0 radical (unpaired) electrons. The van der Waals surface area contributed by atoms with E-state index >= 15 is 0 Å². The van der Waals surface area contributed by atoms with Crippen LogP contribution in [0.3, 0.4) is 0 Å². The van der Waals surface area contributed by atoms with Crippen LogP contribution in [0.1, 0.15) is 19.8 Å². The molecule has 0 aliphatic carbocycles. The van der Waals surface area contributed by atoms with Gasteiger partial charge in [0.15, 0.2) is 0 Å². The molecule has 1 heterocycles. The van der Waals surface area contributed by atoms with E-state index < -0.39 is 6.09 Å². The lowest BCUT2D eigenvalue weighted by Gasteiger charge is -2.20. The number of methoxy groups -OCH3 is 1. The summed E-state index contributed by atoms with van der Waals surface area (Å²) in [4.78, 5) is 23.9. The molecule has 0 aromatic heterocycles. The van der Waals surface area contributed by atoms with E-state index in [1.807, 2.05) is 6.92 Å². The van der Waals surface area contributed by atoms with Crippen molar-refractivity contribution >= 4 is 23.3 Å². The zero-order valence-corrected chi connectivity index (χ0v) is 9.10. The summed E-state index contributed by atoms with van der Waals surface area (Å²) in [6, 6.07) is 0.273. The summed E-state index contributed by atoms with van der Waals surface area (Å²) in [6.45, 7) is 2.78. The van der Waals surface area contributed by atoms with E-state index in [4.69, 9.17) is 0 Å². The fourth-order valence-electron chi connectivity index (χ4n) is 1.39. The van der Waals surface area contributed by atoms with Gasteiger partial charge in [0, 0.05) is 12.6 Å². The van der Waals surface area contributed by atoms with E-state index in [2.05, 4.69) is 9.46 Å². The van der Waals surface area contributed by atoms with Gasteiger partial charge >= 0.3 is 11.3 Å². The van der Waals surface area contributed by atoms with Crippen molar-refractivity contribution in [2.75, 3.05) is 13.7 Å². The van der Waals surface area contributed by atoms with E-state index in [1.54, 1.807) is 4.90 Å². The first kappa shape index (κ1) is 11.2. The average molecular weight is 218 g/mol. The summed E-state index contributed by atoms with van der Waals surface area (Å²) in [5, 5.41) is -0.125. The number of hydrogen-bond donors (Lipinski definition) is 1. The molecule has 0 saturated carbocycles. The average Bonchev–Trinajstić information content (AvgIpc) is 2.60. The molecular formula is C8H14N2O3S. The van der Waals surface area contributed by atoms with Crippen LogP contribution < -0.4 is 4.72 Å². The number of likely N-dealkylation sites (tertiary alicyclic amines) is 1. The number of carbonyl (C=O) groups is 2. The molecule has 0 spiro atoms. The highest BCUT2D eigenvalue weighted by Crippen LogP contribution is 2.20. The lowest BCUT2D eigenvalue weighted by atomic mass is 10.2. The molecule has 1 unspecified atom stereocenters. The van der Waals surface area contributed by atoms with Crippen LogP contribution >= 0.6 is 11.9 Å². The van der Waals surface area contributed by atoms with Crippen LogP contribution in [0.4, 0.5) is 9.59 Å². The van der Waals surface area contributed by atoms with Crippen LogP contribution in [0.25, 0.3) is 0 Å². The quantitative estimate of drug-likeness (QED) is 0.627. The van der Waals surface area contributed by atoms with Crippen LogP contribution in [0.2, 0.25) is 0 Å². The molecule has 1 atom stereocenters. The van der Waals surface area contributed by atoms with Gasteiger partial charge in [0.2, 0.25) is 0 Å². The summed E-state index contributed by atoms with van der Waals surface area (Å²) in [7, 11) is 1.26. The SMILES string of the molecule is COC(=O)NSC(=O)N1CCCC1C. The van der Waals surface area contributed by atoms with Crippen molar-refractivity contribution in [1.82, 2.24) is 9.62 Å². The highest BCUT2D eigenvalue weighted by molar-refractivity contribution is 8.12. The van der Waals surface area contributed by atoms with E-state index in [-0.39, 0.29) is 11.3 Å². The Hall–Kier alpha value is -0.910. The summed E-state index contributed by atoms with van der Waals surface area (Å²) in [6.07, 6.45) is 1.46. The molecule has 1 aliphatic rings. The van der Waals surface area contributed by atoms with Crippen molar-refractivity contribution in [3.05, 3.63) is 0 Å². The molecule has 14 heavy (non-hydrogen) atoms. The maximum absolute atomic E-state index is 11.5. The van der Waals surface area contributed by atoms with Gasteiger partial charge in [-0.25, -0.2) is 4.79 Å². The first-order valence-corrected chi connectivity index (χ1v) is 5.28. The molecule has 6 heteroatoms. The van der Waals surface area contributed by atoms with Gasteiger partial charge in [-0.3, -0.25) is 9.52 Å². The zero-order chi connectivity index (χ0) is 10.6. The third-order valence-electron chi connectivity index (χ3n) is 2.19. The largest absolute Gasteiger partial charge is 0.452 e. The minimum atomic E-state index is -0.602. The molecule has 0 aromatic carbocycles. The van der Waals surface area contributed by atoms with Crippen molar-refractivity contribution in [3.8, 4) is 0 Å². The molecular weight excluding hydrogens is 204 g/mol. The number of nitrogens with one attached hydrogen (secondary N) is 1. The summed E-state index contributed by atoms with van der Waals surface area (Å²) in [5.41, 5.74) is 0. The van der Waals surface area contributed by atoms with Crippen molar-refractivity contribution in [3.63, 3.8) is 0 Å². The van der Waals surface area contributed by atoms with E-state index in [0.29, 0.717) is 0 Å². The van der Waals surface area contributed by atoms with Crippen LogP contribution in [0.5, 0.6) is 0 Å². The van der Waals surface area contributed by atoms with Gasteiger partial charge in [-0.2, -0.15) is 0 Å². The minimum absolute atomic E-state index is 0.125. The maximum Gasteiger partial charge on any atom is 0.417 e. The van der Waals surface area contributed by atoms with Gasteiger partial charge in [-0.1, -0.05) is 0 Å². The zero-order valence-electron chi connectivity index (χ0n) is 8.28. The Morgan fingerprint density at radius 1 is 1.57 bits per heavy atom. The molecule has 1 fully saturated rings. The monoisotopic (exact) mass is 218 g/mol. The highest BCUT2D eigenvalue weighted by atomic mass is 32.2. The molecule has 1 N–H and O–H groups in total. The van der Waals surface area contributed by atoms with Gasteiger partial charge in [-0.05, 0) is 19.8 Å². The summed E-state index contributed by atoms with van der Waals surface area (Å²) in [5.74, 6) is 0. The number of rotatable bonds is 0. The third kappa shape index (κ3) is 2.80. The lowest BCUT2D eigenvalue weighted by Crippen LogP contribution is -2.33. The van der Waals surface area contributed by atoms with Gasteiger partial charge in [0.1, 0.15) is 0 Å². The van der Waals surface area contributed by atoms with Crippen molar-refractivity contribution in [1.29, 1.82) is 0 Å². The predicted molar refractivity (Wildman–Crippen MR) is 53.9 cm³/mol.